The second-order valence-electron chi connectivity index (χ2n) is 2.25. The molecule has 1 rings (SSSR count). The summed E-state index contributed by atoms with van der Waals surface area (Å²) < 4.78 is 31.3. The Labute approximate surface area is 58.2 Å². The molecule has 2 nitrogen and oxygen atoms in total. The maximum absolute atomic E-state index is 12.1. The average molecular weight is 173 g/mol. The molecule has 1 fully saturated rings. The summed E-state index contributed by atoms with van der Waals surface area (Å²) in [5, 5.41) is 0. The van der Waals surface area contributed by atoms with Crippen molar-refractivity contribution in [3.05, 3.63) is 0 Å². The molecule has 1 aliphatic carbocycles. The number of hydrogen-bond acceptors (Lipinski definition) is 2. The molecule has 0 bridgehead atoms. The molecule has 0 aromatic heterocycles. The van der Waals surface area contributed by atoms with Gasteiger partial charge in [0, 0.05) is 5.88 Å². The van der Waals surface area contributed by atoms with E-state index in [4.69, 9.17) is 11.6 Å². The fourth-order valence-corrected chi connectivity index (χ4v) is 1.96. The summed E-state index contributed by atoms with van der Waals surface area (Å²) in [6.07, 6.45) is 0.741. The molecule has 5 heteroatoms. The lowest BCUT2D eigenvalue weighted by Gasteiger charge is -2.01. The lowest BCUT2D eigenvalue weighted by Crippen LogP contribution is -2.19. The molecule has 0 radical (unpaired) electrons. The van der Waals surface area contributed by atoms with E-state index in [-0.39, 0.29) is 5.88 Å². The molecular weight excluding hydrogens is 167 g/mol. The smallest absolute Gasteiger partial charge is 0.194 e. The van der Waals surface area contributed by atoms with Crippen molar-refractivity contribution in [2.24, 2.45) is 0 Å². The maximum Gasteiger partial charge on any atom is 0.309 e. The highest BCUT2D eigenvalue weighted by Crippen LogP contribution is 2.45. The van der Waals surface area contributed by atoms with Crippen molar-refractivity contribution in [3.63, 3.8) is 0 Å². The largest absolute Gasteiger partial charge is 0.309 e. The van der Waals surface area contributed by atoms with Gasteiger partial charge in [0.25, 0.3) is 0 Å². The van der Waals surface area contributed by atoms with Gasteiger partial charge in [-0.1, -0.05) is 0 Å². The molecule has 0 amide bonds. The summed E-state index contributed by atoms with van der Waals surface area (Å²) in [6.45, 7) is 0. The third-order valence-corrected chi connectivity index (χ3v) is 3.83. The minimum absolute atomic E-state index is 0.119. The Morgan fingerprint density at radius 3 is 2.00 bits per heavy atom. The Bertz CT molecular complexity index is 207. The van der Waals surface area contributed by atoms with Crippen molar-refractivity contribution in [1.82, 2.24) is 0 Å². The van der Waals surface area contributed by atoms with Crippen molar-refractivity contribution in [2.75, 3.05) is 5.88 Å². The van der Waals surface area contributed by atoms with Crippen molar-refractivity contribution in [3.8, 4) is 0 Å². The van der Waals surface area contributed by atoms with Crippen LogP contribution in [-0.2, 0) is 10.2 Å². The van der Waals surface area contributed by atoms with Crippen LogP contribution in [0.1, 0.15) is 12.8 Å². The lowest BCUT2D eigenvalue weighted by atomic mass is 10.5. The van der Waals surface area contributed by atoms with Crippen LogP contribution in [0.25, 0.3) is 0 Å². The summed E-state index contributed by atoms with van der Waals surface area (Å²) >= 11 is 5.22. The molecule has 0 aliphatic heterocycles. The SMILES string of the molecule is O=S(=O)(F)C1(CCl)CC1. The first-order valence-corrected chi connectivity index (χ1v) is 4.44. The van der Waals surface area contributed by atoms with Crippen LogP contribution in [0.5, 0.6) is 0 Å². The summed E-state index contributed by atoms with van der Waals surface area (Å²) in [7, 11) is -4.37. The summed E-state index contributed by atoms with van der Waals surface area (Å²) in [6, 6.07) is 0. The molecule has 0 unspecified atom stereocenters. The van der Waals surface area contributed by atoms with Crippen LogP contribution in [0, 0.1) is 0 Å². The quantitative estimate of drug-likeness (QED) is 0.461. The topological polar surface area (TPSA) is 34.1 Å². The fraction of sp³-hybridized carbons (Fsp3) is 1.00. The first kappa shape index (κ1) is 7.28. The van der Waals surface area contributed by atoms with E-state index in [1.807, 2.05) is 0 Å². The van der Waals surface area contributed by atoms with E-state index < -0.39 is 15.0 Å². The van der Waals surface area contributed by atoms with Crippen molar-refractivity contribution >= 4 is 21.8 Å². The summed E-state index contributed by atoms with van der Waals surface area (Å²) in [5.74, 6) is -0.119. The zero-order chi connectivity index (χ0) is 7.12. The van der Waals surface area contributed by atoms with Gasteiger partial charge in [0.15, 0.2) is 0 Å². The van der Waals surface area contributed by atoms with Gasteiger partial charge in [-0.2, -0.15) is 8.42 Å². The zero-order valence-electron chi connectivity index (χ0n) is 4.60. The van der Waals surface area contributed by atoms with Gasteiger partial charge in [0.05, 0.1) is 0 Å². The minimum atomic E-state index is -4.37. The normalized spacial score (nSPS) is 23.8. The second kappa shape index (κ2) is 1.83. The number of hydrogen-bond donors (Lipinski definition) is 0. The highest BCUT2D eigenvalue weighted by atomic mass is 35.5. The first-order chi connectivity index (χ1) is 4.02. The first-order valence-electron chi connectivity index (χ1n) is 2.52. The van der Waals surface area contributed by atoms with Gasteiger partial charge in [-0.3, -0.25) is 0 Å². The minimum Gasteiger partial charge on any atom is -0.194 e. The van der Waals surface area contributed by atoms with Gasteiger partial charge in [0.2, 0.25) is 0 Å². The van der Waals surface area contributed by atoms with Crippen LogP contribution in [0.3, 0.4) is 0 Å². The monoisotopic (exact) mass is 172 g/mol. The average Bonchev–Trinajstić information content (AvgIpc) is 2.40. The Morgan fingerprint density at radius 1 is 1.56 bits per heavy atom. The van der Waals surface area contributed by atoms with Gasteiger partial charge in [0.1, 0.15) is 4.75 Å². The number of alkyl halides is 1. The molecule has 1 aliphatic rings. The molecule has 0 saturated heterocycles. The number of halogens is 2. The third-order valence-electron chi connectivity index (χ3n) is 1.57. The lowest BCUT2D eigenvalue weighted by molar-refractivity contribution is 0.536. The predicted molar refractivity (Wildman–Crippen MR) is 32.7 cm³/mol. The molecular formula is C4H6ClFO2S. The van der Waals surface area contributed by atoms with E-state index >= 15 is 0 Å². The summed E-state index contributed by atoms with van der Waals surface area (Å²) in [5.41, 5.74) is 0. The molecule has 0 aromatic carbocycles. The van der Waals surface area contributed by atoms with Gasteiger partial charge < -0.3 is 0 Å². The van der Waals surface area contributed by atoms with Crippen LogP contribution >= 0.6 is 11.6 Å². The van der Waals surface area contributed by atoms with Crippen LogP contribution < -0.4 is 0 Å². The molecule has 0 atom stereocenters. The Kier molecular flexibility index (Phi) is 1.48. The maximum atomic E-state index is 12.1. The molecule has 0 N–H and O–H groups in total. The Balaban J connectivity index is 2.85. The van der Waals surface area contributed by atoms with Crippen LogP contribution in [0.4, 0.5) is 3.89 Å². The van der Waals surface area contributed by atoms with Gasteiger partial charge >= 0.3 is 10.2 Å². The highest BCUT2D eigenvalue weighted by molar-refractivity contribution is 7.88. The Hall–Kier alpha value is 0.170. The Morgan fingerprint density at radius 2 is 2.00 bits per heavy atom. The predicted octanol–water partition coefficient (Wildman–Crippen LogP) is 1.06. The van der Waals surface area contributed by atoms with E-state index in [2.05, 4.69) is 0 Å². The molecule has 1 saturated carbocycles. The molecule has 0 spiro atoms. The highest BCUT2D eigenvalue weighted by Gasteiger charge is 2.54. The van der Waals surface area contributed by atoms with Crippen LogP contribution in [0.2, 0.25) is 0 Å². The van der Waals surface area contributed by atoms with E-state index in [9.17, 15) is 12.3 Å². The molecule has 9 heavy (non-hydrogen) atoms. The second-order valence-corrected chi connectivity index (χ2v) is 4.26. The van der Waals surface area contributed by atoms with Crippen molar-refractivity contribution in [2.45, 2.75) is 17.6 Å². The van der Waals surface area contributed by atoms with E-state index in [0.717, 1.165) is 0 Å². The fourth-order valence-electron chi connectivity index (χ4n) is 0.582. The summed E-state index contributed by atoms with van der Waals surface area (Å²) in [4.78, 5) is 0. The number of rotatable bonds is 2. The molecule has 54 valence electrons. The van der Waals surface area contributed by atoms with E-state index in [0.29, 0.717) is 12.8 Å². The zero-order valence-corrected chi connectivity index (χ0v) is 6.17. The van der Waals surface area contributed by atoms with Gasteiger partial charge in [-0.25, -0.2) is 0 Å². The van der Waals surface area contributed by atoms with Crippen LogP contribution in [0.15, 0.2) is 0 Å². The van der Waals surface area contributed by atoms with Crippen LogP contribution in [-0.4, -0.2) is 19.0 Å². The van der Waals surface area contributed by atoms with Gasteiger partial charge in [-0.05, 0) is 12.8 Å². The molecule has 0 heterocycles. The standard InChI is InChI=1S/C4H6ClFO2S/c5-3-4(1-2-4)9(6,7)8/h1-3H2. The third kappa shape index (κ3) is 1.05. The van der Waals surface area contributed by atoms with E-state index in [1.54, 1.807) is 0 Å². The van der Waals surface area contributed by atoms with Crippen molar-refractivity contribution in [1.29, 1.82) is 0 Å². The molecule has 0 aromatic rings. The van der Waals surface area contributed by atoms with E-state index in [1.165, 1.54) is 0 Å². The van der Waals surface area contributed by atoms with Crippen molar-refractivity contribution < 1.29 is 12.3 Å². The van der Waals surface area contributed by atoms with Gasteiger partial charge in [-0.15, -0.1) is 15.5 Å².